The number of sulfonamides is 1. The SMILES string of the molecule is CCS(=O)(=O)Nc1ccnn1Cc1ccc(OC)cc1. The number of benzene rings is 1. The van der Waals surface area contributed by atoms with Crippen molar-refractivity contribution in [2.24, 2.45) is 0 Å². The molecule has 0 atom stereocenters. The molecule has 1 aromatic carbocycles. The maximum absolute atomic E-state index is 11.6. The second-order valence-electron chi connectivity index (χ2n) is 4.23. The molecule has 1 heterocycles. The Hall–Kier alpha value is -2.02. The molecule has 2 rings (SSSR count). The molecule has 20 heavy (non-hydrogen) atoms. The summed E-state index contributed by atoms with van der Waals surface area (Å²) in [6, 6.07) is 9.18. The van der Waals surface area contributed by atoms with Gasteiger partial charge in [0.05, 0.1) is 25.6 Å². The number of methoxy groups -OCH3 is 1. The highest BCUT2D eigenvalue weighted by Gasteiger charge is 2.11. The molecule has 6 nitrogen and oxygen atoms in total. The molecule has 1 N–H and O–H groups in total. The zero-order chi connectivity index (χ0) is 14.6. The third-order valence-corrected chi connectivity index (χ3v) is 4.13. The Balaban J connectivity index is 2.15. The summed E-state index contributed by atoms with van der Waals surface area (Å²) in [5.41, 5.74) is 1.01. The van der Waals surface area contributed by atoms with Gasteiger partial charge in [0.1, 0.15) is 11.6 Å². The minimum absolute atomic E-state index is 0.0285. The molecular weight excluding hydrogens is 278 g/mol. The first-order valence-corrected chi connectivity index (χ1v) is 7.84. The van der Waals surface area contributed by atoms with Crippen LogP contribution in [0.4, 0.5) is 5.82 Å². The molecule has 0 saturated carbocycles. The van der Waals surface area contributed by atoms with Gasteiger partial charge in [0.25, 0.3) is 0 Å². The predicted octanol–water partition coefficient (Wildman–Crippen LogP) is 1.70. The van der Waals surface area contributed by atoms with Crippen LogP contribution in [0.25, 0.3) is 0 Å². The number of ether oxygens (including phenoxy) is 1. The van der Waals surface area contributed by atoms with Crippen molar-refractivity contribution in [3.8, 4) is 5.75 Å². The number of hydrogen-bond donors (Lipinski definition) is 1. The van der Waals surface area contributed by atoms with Gasteiger partial charge in [-0.2, -0.15) is 5.10 Å². The Morgan fingerprint density at radius 3 is 2.55 bits per heavy atom. The summed E-state index contributed by atoms with van der Waals surface area (Å²) in [4.78, 5) is 0. The molecule has 108 valence electrons. The van der Waals surface area contributed by atoms with E-state index in [1.807, 2.05) is 24.3 Å². The molecule has 0 radical (unpaired) electrons. The summed E-state index contributed by atoms with van der Waals surface area (Å²) in [6.07, 6.45) is 1.57. The lowest BCUT2D eigenvalue weighted by Crippen LogP contribution is -2.18. The van der Waals surface area contributed by atoms with Crippen molar-refractivity contribution in [2.75, 3.05) is 17.6 Å². The lowest BCUT2D eigenvalue weighted by molar-refractivity contribution is 0.414. The summed E-state index contributed by atoms with van der Waals surface area (Å²) in [5.74, 6) is 1.27. The van der Waals surface area contributed by atoms with Gasteiger partial charge in [0, 0.05) is 6.07 Å². The highest BCUT2D eigenvalue weighted by Crippen LogP contribution is 2.15. The van der Waals surface area contributed by atoms with E-state index in [4.69, 9.17) is 4.74 Å². The third kappa shape index (κ3) is 3.51. The first-order chi connectivity index (χ1) is 9.54. The second-order valence-corrected chi connectivity index (χ2v) is 6.24. The van der Waals surface area contributed by atoms with Gasteiger partial charge >= 0.3 is 0 Å². The summed E-state index contributed by atoms with van der Waals surface area (Å²) in [6.45, 7) is 2.07. The zero-order valence-electron chi connectivity index (χ0n) is 11.4. The van der Waals surface area contributed by atoms with Crippen LogP contribution < -0.4 is 9.46 Å². The van der Waals surface area contributed by atoms with E-state index in [1.165, 1.54) is 0 Å². The molecular formula is C13H17N3O3S. The fourth-order valence-electron chi connectivity index (χ4n) is 1.68. The average molecular weight is 295 g/mol. The quantitative estimate of drug-likeness (QED) is 0.880. The smallest absolute Gasteiger partial charge is 0.233 e. The number of aromatic nitrogens is 2. The van der Waals surface area contributed by atoms with E-state index in [0.29, 0.717) is 12.4 Å². The van der Waals surface area contributed by atoms with E-state index < -0.39 is 10.0 Å². The first kappa shape index (κ1) is 14.4. The van der Waals surface area contributed by atoms with Crippen LogP contribution in [0.3, 0.4) is 0 Å². The van der Waals surface area contributed by atoms with Gasteiger partial charge in [-0.15, -0.1) is 0 Å². The van der Waals surface area contributed by atoms with Crippen molar-refractivity contribution in [3.05, 3.63) is 42.1 Å². The van der Waals surface area contributed by atoms with Gasteiger partial charge in [-0.3, -0.25) is 4.72 Å². The molecule has 0 unspecified atom stereocenters. The van der Waals surface area contributed by atoms with E-state index in [1.54, 1.807) is 31.0 Å². The third-order valence-electron chi connectivity index (χ3n) is 2.85. The van der Waals surface area contributed by atoms with Crippen LogP contribution in [-0.2, 0) is 16.6 Å². The summed E-state index contributed by atoms with van der Waals surface area (Å²) in [7, 11) is -1.69. The van der Waals surface area contributed by atoms with Crippen LogP contribution in [0, 0.1) is 0 Å². The highest BCUT2D eigenvalue weighted by molar-refractivity contribution is 7.92. The lowest BCUT2D eigenvalue weighted by atomic mass is 10.2. The first-order valence-electron chi connectivity index (χ1n) is 6.19. The van der Waals surface area contributed by atoms with Crippen molar-refractivity contribution in [2.45, 2.75) is 13.5 Å². The van der Waals surface area contributed by atoms with Gasteiger partial charge in [0.2, 0.25) is 10.0 Å². The Bertz CT molecular complexity index is 662. The van der Waals surface area contributed by atoms with Crippen LogP contribution in [0.2, 0.25) is 0 Å². The Labute approximate surface area is 118 Å². The molecule has 0 aliphatic heterocycles. The number of nitrogens with zero attached hydrogens (tertiary/aromatic N) is 2. The van der Waals surface area contributed by atoms with Gasteiger partial charge in [0.15, 0.2) is 0 Å². The van der Waals surface area contributed by atoms with Gasteiger partial charge in [-0.25, -0.2) is 13.1 Å². The largest absolute Gasteiger partial charge is 0.497 e. The van der Waals surface area contributed by atoms with Crippen molar-refractivity contribution >= 4 is 15.8 Å². The average Bonchev–Trinajstić information content (AvgIpc) is 2.86. The summed E-state index contributed by atoms with van der Waals surface area (Å²) in [5, 5.41) is 4.13. The molecule has 0 fully saturated rings. The minimum Gasteiger partial charge on any atom is -0.497 e. The normalized spacial score (nSPS) is 11.3. The molecule has 7 heteroatoms. The lowest BCUT2D eigenvalue weighted by Gasteiger charge is -2.10. The molecule has 0 amide bonds. The second kappa shape index (κ2) is 5.96. The molecule has 0 aliphatic rings. The number of rotatable bonds is 6. The number of nitrogens with one attached hydrogen (secondary N) is 1. The van der Waals surface area contributed by atoms with E-state index in [2.05, 4.69) is 9.82 Å². The maximum atomic E-state index is 11.6. The summed E-state index contributed by atoms with van der Waals surface area (Å²) >= 11 is 0. The van der Waals surface area contributed by atoms with Crippen LogP contribution in [-0.4, -0.2) is 31.1 Å². The molecule has 0 spiro atoms. The van der Waals surface area contributed by atoms with Crippen LogP contribution in [0.5, 0.6) is 5.75 Å². The number of anilines is 1. The van der Waals surface area contributed by atoms with Crippen LogP contribution in [0.15, 0.2) is 36.5 Å². The van der Waals surface area contributed by atoms with Crippen molar-refractivity contribution in [3.63, 3.8) is 0 Å². The van der Waals surface area contributed by atoms with E-state index in [9.17, 15) is 8.42 Å². The zero-order valence-corrected chi connectivity index (χ0v) is 12.2. The summed E-state index contributed by atoms with van der Waals surface area (Å²) < 4.78 is 32.4. The Kier molecular flexibility index (Phi) is 4.29. The van der Waals surface area contributed by atoms with Crippen LogP contribution >= 0.6 is 0 Å². The van der Waals surface area contributed by atoms with Gasteiger partial charge in [-0.1, -0.05) is 12.1 Å². The number of hydrogen-bond acceptors (Lipinski definition) is 4. The monoisotopic (exact) mass is 295 g/mol. The minimum atomic E-state index is -3.30. The molecule has 1 aromatic heterocycles. The molecule has 2 aromatic rings. The predicted molar refractivity (Wildman–Crippen MR) is 77.4 cm³/mol. The van der Waals surface area contributed by atoms with Crippen molar-refractivity contribution in [1.82, 2.24) is 9.78 Å². The Morgan fingerprint density at radius 1 is 1.25 bits per heavy atom. The maximum Gasteiger partial charge on any atom is 0.233 e. The fraction of sp³-hybridized carbons (Fsp3) is 0.308. The molecule has 0 saturated heterocycles. The van der Waals surface area contributed by atoms with E-state index in [0.717, 1.165) is 11.3 Å². The van der Waals surface area contributed by atoms with Crippen LogP contribution in [0.1, 0.15) is 12.5 Å². The fourth-order valence-corrected chi connectivity index (χ4v) is 2.32. The van der Waals surface area contributed by atoms with E-state index >= 15 is 0 Å². The van der Waals surface area contributed by atoms with Crippen molar-refractivity contribution in [1.29, 1.82) is 0 Å². The van der Waals surface area contributed by atoms with Gasteiger partial charge in [-0.05, 0) is 24.6 Å². The standard InChI is InChI=1S/C13H17N3O3S/c1-3-20(17,18)15-13-8-9-14-16(13)10-11-4-6-12(19-2)7-5-11/h4-9,15H,3,10H2,1-2H3. The van der Waals surface area contributed by atoms with Crippen molar-refractivity contribution < 1.29 is 13.2 Å². The molecule has 0 aliphatic carbocycles. The topological polar surface area (TPSA) is 73.2 Å². The highest BCUT2D eigenvalue weighted by atomic mass is 32.2. The van der Waals surface area contributed by atoms with E-state index in [-0.39, 0.29) is 5.75 Å². The van der Waals surface area contributed by atoms with Gasteiger partial charge < -0.3 is 4.74 Å². The Morgan fingerprint density at radius 2 is 1.95 bits per heavy atom. The molecule has 0 bridgehead atoms.